The summed E-state index contributed by atoms with van der Waals surface area (Å²) in [7, 11) is 0. The Kier molecular flexibility index (Phi) is 5.25. The van der Waals surface area contributed by atoms with Crippen molar-refractivity contribution in [1.82, 2.24) is 15.3 Å². The number of anilines is 1. The van der Waals surface area contributed by atoms with Gasteiger partial charge in [0.15, 0.2) is 0 Å². The van der Waals surface area contributed by atoms with Crippen molar-refractivity contribution < 1.29 is 13.9 Å². The zero-order valence-electron chi connectivity index (χ0n) is 16.2. The Morgan fingerprint density at radius 2 is 1.86 bits per heavy atom. The topological polar surface area (TPSA) is 80.5 Å². The van der Waals surface area contributed by atoms with E-state index in [-0.39, 0.29) is 5.91 Å². The third kappa shape index (κ3) is 3.57. The summed E-state index contributed by atoms with van der Waals surface area (Å²) < 4.78 is 11.2. The number of amides is 1. The van der Waals surface area contributed by atoms with E-state index in [0.29, 0.717) is 42.2 Å². The number of furan rings is 1. The third-order valence-corrected chi connectivity index (χ3v) is 5.07. The van der Waals surface area contributed by atoms with Crippen LogP contribution < -0.4 is 10.2 Å². The normalized spacial score (nSPS) is 14.4. The minimum Gasteiger partial charge on any atom is -0.442 e. The molecule has 0 atom stereocenters. The van der Waals surface area contributed by atoms with Crippen molar-refractivity contribution in [1.29, 1.82) is 0 Å². The van der Waals surface area contributed by atoms with Crippen LogP contribution in [0.1, 0.15) is 34.2 Å². The van der Waals surface area contributed by atoms with Gasteiger partial charge >= 0.3 is 0 Å². The van der Waals surface area contributed by atoms with Crippen molar-refractivity contribution in [2.75, 3.05) is 31.2 Å². The van der Waals surface area contributed by atoms with Gasteiger partial charge in [0.1, 0.15) is 17.9 Å². The van der Waals surface area contributed by atoms with E-state index in [1.165, 1.54) is 11.9 Å². The van der Waals surface area contributed by atoms with Gasteiger partial charge in [-0.1, -0.05) is 31.2 Å². The van der Waals surface area contributed by atoms with Gasteiger partial charge in [-0.25, -0.2) is 9.97 Å². The standard InChI is InChI=1S/C21H24N4O3/c1-3-15-4-6-16(7-5-15)12-22-20(26)17-14(2)28-21-18(17)19(23-13-24-21)25-8-10-27-11-9-25/h4-7,13H,3,8-12H2,1-2H3,(H,22,26). The second-order valence-electron chi connectivity index (χ2n) is 6.86. The Morgan fingerprint density at radius 1 is 1.14 bits per heavy atom. The van der Waals surface area contributed by atoms with Gasteiger partial charge in [-0.05, 0) is 24.5 Å². The number of rotatable bonds is 5. The molecular formula is C21H24N4O3. The first-order valence-electron chi connectivity index (χ1n) is 9.60. The number of nitrogens with zero attached hydrogens (tertiary/aromatic N) is 3. The first-order valence-corrected chi connectivity index (χ1v) is 9.60. The van der Waals surface area contributed by atoms with Crippen molar-refractivity contribution in [2.24, 2.45) is 0 Å². The molecule has 1 aliphatic rings. The third-order valence-electron chi connectivity index (χ3n) is 5.07. The molecule has 7 heteroatoms. The fourth-order valence-electron chi connectivity index (χ4n) is 3.48. The van der Waals surface area contributed by atoms with Crippen LogP contribution in [0.3, 0.4) is 0 Å². The van der Waals surface area contributed by atoms with Gasteiger partial charge < -0.3 is 19.4 Å². The van der Waals surface area contributed by atoms with E-state index in [4.69, 9.17) is 9.15 Å². The summed E-state index contributed by atoms with van der Waals surface area (Å²) in [6, 6.07) is 8.26. The quantitative estimate of drug-likeness (QED) is 0.733. The highest BCUT2D eigenvalue weighted by molar-refractivity contribution is 6.10. The molecule has 146 valence electrons. The molecule has 1 aromatic carbocycles. The van der Waals surface area contributed by atoms with Crippen molar-refractivity contribution in [3.05, 3.63) is 53.0 Å². The van der Waals surface area contributed by atoms with Crippen molar-refractivity contribution in [3.8, 4) is 0 Å². The van der Waals surface area contributed by atoms with E-state index in [2.05, 4.69) is 39.2 Å². The van der Waals surface area contributed by atoms with Gasteiger partial charge in [0.25, 0.3) is 5.91 Å². The lowest BCUT2D eigenvalue weighted by Crippen LogP contribution is -2.37. The Hall–Kier alpha value is -2.93. The highest BCUT2D eigenvalue weighted by atomic mass is 16.5. The van der Waals surface area contributed by atoms with Gasteiger partial charge in [0.05, 0.1) is 24.2 Å². The fourth-order valence-corrected chi connectivity index (χ4v) is 3.48. The monoisotopic (exact) mass is 380 g/mol. The SMILES string of the molecule is CCc1ccc(CNC(=O)c2c(C)oc3ncnc(N4CCOCC4)c23)cc1. The number of aromatic nitrogens is 2. The second-order valence-corrected chi connectivity index (χ2v) is 6.86. The predicted octanol–water partition coefficient (Wildman–Crippen LogP) is 2.86. The van der Waals surface area contributed by atoms with Crippen LogP contribution >= 0.6 is 0 Å². The lowest BCUT2D eigenvalue weighted by Gasteiger charge is -2.28. The van der Waals surface area contributed by atoms with Crippen molar-refractivity contribution >= 4 is 22.8 Å². The number of aryl methyl sites for hydroxylation is 2. The first kappa shape index (κ1) is 18.4. The maximum absolute atomic E-state index is 13.0. The second kappa shape index (κ2) is 7.98. The van der Waals surface area contributed by atoms with Crippen LogP contribution in [0.4, 0.5) is 5.82 Å². The molecule has 4 rings (SSSR count). The number of hydrogen-bond donors (Lipinski definition) is 1. The minimum atomic E-state index is -0.180. The van der Waals surface area contributed by atoms with Crippen molar-refractivity contribution in [3.63, 3.8) is 0 Å². The van der Waals surface area contributed by atoms with Crippen LogP contribution in [0.5, 0.6) is 0 Å². The summed E-state index contributed by atoms with van der Waals surface area (Å²) in [5.41, 5.74) is 3.27. The lowest BCUT2D eigenvalue weighted by molar-refractivity contribution is 0.0951. The van der Waals surface area contributed by atoms with Gasteiger partial charge in [-0.15, -0.1) is 0 Å². The summed E-state index contributed by atoms with van der Waals surface area (Å²) in [5.74, 6) is 1.09. The molecule has 1 N–H and O–H groups in total. The number of nitrogens with one attached hydrogen (secondary N) is 1. The Labute approximate surface area is 163 Å². The molecule has 0 unspecified atom stereocenters. The molecule has 1 aliphatic heterocycles. The van der Waals surface area contributed by atoms with Gasteiger partial charge in [0, 0.05) is 19.6 Å². The molecule has 0 bridgehead atoms. The Bertz CT molecular complexity index is 975. The predicted molar refractivity (Wildman–Crippen MR) is 107 cm³/mol. The number of fused-ring (bicyclic) bond motifs is 1. The van der Waals surface area contributed by atoms with E-state index < -0.39 is 0 Å². The smallest absolute Gasteiger partial charge is 0.255 e. The summed E-state index contributed by atoms with van der Waals surface area (Å²) in [5, 5.41) is 3.67. The molecule has 0 spiro atoms. The van der Waals surface area contributed by atoms with Crippen molar-refractivity contribution in [2.45, 2.75) is 26.8 Å². The van der Waals surface area contributed by atoms with Crippen LogP contribution in [-0.2, 0) is 17.7 Å². The van der Waals surface area contributed by atoms with E-state index in [1.807, 2.05) is 12.1 Å². The number of ether oxygens (including phenoxy) is 1. The number of benzene rings is 1. The van der Waals surface area contributed by atoms with E-state index in [9.17, 15) is 4.79 Å². The molecule has 2 aromatic heterocycles. The Balaban J connectivity index is 1.61. The largest absolute Gasteiger partial charge is 0.442 e. The first-order chi connectivity index (χ1) is 13.7. The highest BCUT2D eigenvalue weighted by Crippen LogP contribution is 2.31. The summed E-state index contributed by atoms with van der Waals surface area (Å²) in [6.45, 7) is 7.08. The van der Waals surface area contributed by atoms with E-state index in [1.54, 1.807) is 6.92 Å². The van der Waals surface area contributed by atoms with E-state index in [0.717, 1.165) is 30.9 Å². The number of hydrogen-bond acceptors (Lipinski definition) is 6. The fraction of sp³-hybridized carbons (Fsp3) is 0.381. The Morgan fingerprint density at radius 3 is 2.57 bits per heavy atom. The molecule has 28 heavy (non-hydrogen) atoms. The molecule has 1 saturated heterocycles. The lowest BCUT2D eigenvalue weighted by atomic mass is 10.1. The highest BCUT2D eigenvalue weighted by Gasteiger charge is 2.25. The molecule has 0 aliphatic carbocycles. The van der Waals surface area contributed by atoms with E-state index >= 15 is 0 Å². The molecule has 0 saturated carbocycles. The average molecular weight is 380 g/mol. The maximum Gasteiger partial charge on any atom is 0.255 e. The molecule has 3 aromatic rings. The molecule has 1 amide bonds. The maximum atomic E-state index is 13.0. The number of morpholine rings is 1. The van der Waals surface area contributed by atoms with Gasteiger partial charge in [-0.3, -0.25) is 4.79 Å². The zero-order chi connectivity index (χ0) is 19.5. The van der Waals surface area contributed by atoms with Crippen LogP contribution in [0, 0.1) is 6.92 Å². The summed E-state index contributed by atoms with van der Waals surface area (Å²) >= 11 is 0. The van der Waals surface area contributed by atoms with Gasteiger partial charge in [-0.2, -0.15) is 0 Å². The molecule has 1 fully saturated rings. The molecule has 3 heterocycles. The molecule has 0 radical (unpaired) electrons. The summed E-state index contributed by atoms with van der Waals surface area (Å²) in [4.78, 5) is 23.8. The molecular weight excluding hydrogens is 356 g/mol. The minimum absolute atomic E-state index is 0.180. The van der Waals surface area contributed by atoms with Crippen LogP contribution in [0.15, 0.2) is 35.0 Å². The number of carbonyl (C=O) groups excluding carboxylic acids is 1. The van der Waals surface area contributed by atoms with Crippen LogP contribution in [0.25, 0.3) is 11.1 Å². The molecule has 7 nitrogen and oxygen atoms in total. The van der Waals surface area contributed by atoms with Crippen LogP contribution in [0.2, 0.25) is 0 Å². The van der Waals surface area contributed by atoms with Crippen LogP contribution in [-0.4, -0.2) is 42.2 Å². The van der Waals surface area contributed by atoms with Gasteiger partial charge in [0.2, 0.25) is 5.71 Å². The zero-order valence-corrected chi connectivity index (χ0v) is 16.2. The number of carbonyl (C=O) groups is 1. The average Bonchev–Trinajstić information content (AvgIpc) is 3.09. The summed E-state index contributed by atoms with van der Waals surface area (Å²) in [6.07, 6.45) is 2.48.